The van der Waals surface area contributed by atoms with Crippen LogP contribution < -0.4 is 4.74 Å². The number of carboxylic acids is 1. The van der Waals surface area contributed by atoms with Crippen LogP contribution in [0.2, 0.25) is 0 Å². The maximum absolute atomic E-state index is 13.0. The van der Waals surface area contributed by atoms with Crippen molar-refractivity contribution in [3.8, 4) is 5.75 Å². The van der Waals surface area contributed by atoms with E-state index in [1.807, 2.05) is 35.9 Å². The maximum atomic E-state index is 13.0. The monoisotopic (exact) mass is 371 g/mol. The first kappa shape index (κ1) is 18.9. The summed E-state index contributed by atoms with van der Waals surface area (Å²) in [4.78, 5) is 26.5. The van der Waals surface area contributed by atoms with Crippen LogP contribution in [-0.4, -0.2) is 51.9 Å². The van der Waals surface area contributed by atoms with Gasteiger partial charge < -0.3 is 14.7 Å². The van der Waals surface area contributed by atoms with Crippen LogP contribution >= 0.6 is 0 Å². The minimum absolute atomic E-state index is 0.161. The van der Waals surface area contributed by atoms with Crippen molar-refractivity contribution in [1.82, 2.24) is 14.7 Å². The number of nitrogens with zero attached hydrogens (tertiary/aromatic N) is 3. The smallest absolute Gasteiger partial charge is 0.308 e. The van der Waals surface area contributed by atoms with Crippen LogP contribution in [0.4, 0.5) is 0 Å². The molecule has 2 atom stereocenters. The third-order valence-corrected chi connectivity index (χ3v) is 5.22. The highest BCUT2D eigenvalue weighted by Gasteiger charge is 2.41. The Bertz CT molecular complexity index is 846. The van der Waals surface area contributed by atoms with Crippen molar-refractivity contribution < 1.29 is 19.4 Å². The molecule has 0 aliphatic carbocycles. The zero-order valence-corrected chi connectivity index (χ0v) is 15.9. The average molecular weight is 371 g/mol. The predicted molar refractivity (Wildman–Crippen MR) is 100 cm³/mol. The highest BCUT2D eigenvalue weighted by atomic mass is 16.5. The molecule has 1 saturated heterocycles. The van der Waals surface area contributed by atoms with Crippen molar-refractivity contribution in [2.75, 3.05) is 20.2 Å². The van der Waals surface area contributed by atoms with Crippen LogP contribution in [0, 0.1) is 12.8 Å². The first-order chi connectivity index (χ1) is 13.0. The predicted octanol–water partition coefficient (Wildman–Crippen LogP) is 2.55. The van der Waals surface area contributed by atoms with Gasteiger partial charge in [0.15, 0.2) is 0 Å². The standard InChI is InChI=1S/C20H25N3O4/c1-4-8-23-13(2)16(10-21-23)19(24)22-11-17(18(12-22)20(25)26)14-6-5-7-15(9-14)27-3/h5-7,9-10,17-18H,4,8,11-12H2,1-3H3,(H,25,26)/t17-,18+/m1/s1. The SMILES string of the molecule is CCCn1ncc(C(=O)N2C[C@H](C(=O)O)[C@@H](c3cccc(OC)c3)C2)c1C. The van der Waals surface area contributed by atoms with E-state index in [2.05, 4.69) is 12.0 Å². The minimum atomic E-state index is -0.892. The molecule has 0 bridgehead atoms. The van der Waals surface area contributed by atoms with Crippen molar-refractivity contribution in [2.45, 2.75) is 32.7 Å². The van der Waals surface area contributed by atoms with Crippen molar-refractivity contribution in [3.63, 3.8) is 0 Å². The van der Waals surface area contributed by atoms with Crippen LogP contribution in [0.5, 0.6) is 5.75 Å². The summed E-state index contributed by atoms with van der Waals surface area (Å²) in [5.74, 6) is -1.29. The van der Waals surface area contributed by atoms with Gasteiger partial charge in [0.25, 0.3) is 5.91 Å². The van der Waals surface area contributed by atoms with Gasteiger partial charge in [-0.15, -0.1) is 0 Å². The van der Waals surface area contributed by atoms with Gasteiger partial charge in [-0.2, -0.15) is 5.10 Å². The number of benzene rings is 1. The number of aromatic nitrogens is 2. The molecule has 3 rings (SSSR count). The van der Waals surface area contributed by atoms with Crippen LogP contribution in [-0.2, 0) is 11.3 Å². The average Bonchev–Trinajstić information content (AvgIpc) is 3.27. The Morgan fingerprint density at radius 1 is 1.33 bits per heavy atom. The van der Waals surface area contributed by atoms with Crippen LogP contribution in [0.25, 0.3) is 0 Å². The second kappa shape index (κ2) is 7.82. The van der Waals surface area contributed by atoms with Crippen molar-refractivity contribution in [2.24, 2.45) is 5.92 Å². The minimum Gasteiger partial charge on any atom is -0.497 e. The van der Waals surface area contributed by atoms with Gasteiger partial charge >= 0.3 is 5.97 Å². The molecule has 7 nitrogen and oxygen atoms in total. The lowest BCUT2D eigenvalue weighted by Crippen LogP contribution is -2.30. The molecule has 0 spiro atoms. The fourth-order valence-electron chi connectivity index (χ4n) is 3.69. The molecule has 1 aliphatic heterocycles. The van der Waals surface area contributed by atoms with Gasteiger partial charge in [0.2, 0.25) is 0 Å². The molecule has 1 aliphatic rings. The zero-order valence-electron chi connectivity index (χ0n) is 15.9. The molecule has 1 fully saturated rings. The number of hydrogen-bond donors (Lipinski definition) is 1. The van der Waals surface area contributed by atoms with E-state index < -0.39 is 11.9 Å². The quantitative estimate of drug-likeness (QED) is 0.844. The zero-order chi connectivity index (χ0) is 19.6. The van der Waals surface area contributed by atoms with Gasteiger partial charge in [-0.25, -0.2) is 0 Å². The largest absolute Gasteiger partial charge is 0.497 e. The highest BCUT2D eigenvalue weighted by molar-refractivity contribution is 5.95. The van der Waals surface area contributed by atoms with Crippen molar-refractivity contribution in [3.05, 3.63) is 47.3 Å². The fourth-order valence-corrected chi connectivity index (χ4v) is 3.69. The Balaban J connectivity index is 1.86. The molecule has 27 heavy (non-hydrogen) atoms. The van der Waals surface area contributed by atoms with Gasteiger partial charge in [0, 0.05) is 31.2 Å². The normalized spacial score (nSPS) is 19.3. The lowest BCUT2D eigenvalue weighted by atomic mass is 9.89. The van der Waals surface area contributed by atoms with Gasteiger partial charge in [0.1, 0.15) is 5.75 Å². The summed E-state index contributed by atoms with van der Waals surface area (Å²) in [5.41, 5.74) is 2.23. The molecule has 1 aromatic heterocycles. The molecule has 1 amide bonds. The summed E-state index contributed by atoms with van der Waals surface area (Å²) in [7, 11) is 1.58. The number of carbonyl (C=O) groups excluding carboxylic acids is 1. The summed E-state index contributed by atoms with van der Waals surface area (Å²) < 4.78 is 7.07. The summed E-state index contributed by atoms with van der Waals surface area (Å²) in [6, 6.07) is 7.40. The van der Waals surface area contributed by atoms with Gasteiger partial charge in [-0.3, -0.25) is 14.3 Å². The van der Waals surface area contributed by atoms with Crippen LogP contribution in [0.15, 0.2) is 30.5 Å². The van der Waals surface area contributed by atoms with Crippen LogP contribution in [0.3, 0.4) is 0 Å². The number of carbonyl (C=O) groups is 2. The molecule has 2 heterocycles. The summed E-state index contributed by atoms with van der Waals surface area (Å²) in [6.45, 7) is 5.23. The topological polar surface area (TPSA) is 84.7 Å². The van der Waals surface area contributed by atoms with E-state index in [1.165, 1.54) is 0 Å². The van der Waals surface area contributed by atoms with E-state index in [9.17, 15) is 14.7 Å². The highest BCUT2D eigenvalue weighted by Crippen LogP contribution is 2.35. The number of methoxy groups -OCH3 is 1. The molecule has 0 radical (unpaired) electrons. The maximum Gasteiger partial charge on any atom is 0.308 e. The molecule has 1 aromatic carbocycles. The molecule has 7 heteroatoms. The van der Waals surface area contributed by atoms with Gasteiger partial charge in [0.05, 0.1) is 24.8 Å². The molecule has 1 N–H and O–H groups in total. The van der Waals surface area contributed by atoms with E-state index in [1.54, 1.807) is 18.2 Å². The number of amides is 1. The summed E-state index contributed by atoms with van der Waals surface area (Å²) in [5, 5.41) is 14.0. The first-order valence-electron chi connectivity index (χ1n) is 9.14. The van der Waals surface area contributed by atoms with Crippen molar-refractivity contribution in [1.29, 1.82) is 0 Å². The van der Waals surface area contributed by atoms with Gasteiger partial charge in [-0.05, 0) is 31.0 Å². The number of ether oxygens (including phenoxy) is 1. The summed E-state index contributed by atoms with van der Waals surface area (Å²) in [6.07, 6.45) is 2.51. The van der Waals surface area contributed by atoms with E-state index in [-0.39, 0.29) is 18.4 Å². The van der Waals surface area contributed by atoms with E-state index in [0.29, 0.717) is 17.9 Å². The molecule has 0 unspecified atom stereocenters. The molecular weight excluding hydrogens is 346 g/mol. The third-order valence-electron chi connectivity index (χ3n) is 5.22. The fraction of sp³-hybridized carbons (Fsp3) is 0.450. The lowest BCUT2D eigenvalue weighted by Gasteiger charge is -2.17. The summed E-state index contributed by atoms with van der Waals surface area (Å²) >= 11 is 0. The molecule has 144 valence electrons. The lowest BCUT2D eigenvalue weighted by molar-refractivity contribution is -0.141. The number of hydrogen-bond acceptors (Lipinski definition) is 4. The first-order valence-corrected chi connectivity index (χ1v) is 9.14. The van der Waals surface area contributed by atoms with E-state index in [0.717, 1.165) is 24.2 Å². The number of aliphatic carboxylic acids is 1. The number of likely N-dealkylation sites (tertiary alicyclic amines) is 1. The number of rotatable bonds is 6. The van der Waals surface area contributed by atoms with E-state index >= 15 is 0 Å². The molecular formula is C20H25N3O4. The van der Waals surface area contributed by atoms with Gasteiger partial charge in [-0.1, -0.05) is 19.1 Å². The number of carboxylic acid groups (broad SMARTS) is 1. The van der Waals surface area contributed by atoms with Crippen molar-refractivity contribution >= 4 is 11.9 Å². The van der Waals surface area contributed by atoms with Crippen LogP contribution in [0.1, 0.15) is 40.9 Å². The second-order valence-corrected chi connectivity index (χ2v) is 6.90. The Kier molecular flexibility index (Phi) is 5.48. The third kappa shape index (κ3) is 3.67. The number of aryl methyl sites for hydroxylation is 1. The van der Waals surface area contributed by atoms with E-state index in [4.69, 9.17) is 4.74 Å². The molecule has 2 aromatic rings. The Labute approximate surface area is 158 Å². The Morgan fingerprint density at radius 2 is 2.11 bits per heavy atom. The Hall–Kier alpha value is -2.83. The molecule has 0 saturated carbocycles. The Morgan fingerprint density at radius 3 is 2.78 bits per heavy atom. The second-order valence-electron chi connectivity index (χ2n) is 6.90.